The highest BCUT2D eigenvalue weighted by Crippen LogP contribution is 2.34. The molecule has 2 amide bonds. The Labute approximate surface area is 156 Å². The molecule has 1 heterocycles. The highest BCUT2D eigenvalue weighted by molar-refractivity contribution is 6.09. The van der Waals surface area contributed by atoms with Crippen molar-refractivity contribution in [2.24, 2.45) is 0 Å². The van der Waals surface area contributed by atoms with Gasteiger partial charge >= 0.3 is 18.4 Å². The Morgan fingerprint density at radius 3 is 1.81 bits per heavy atom. The average Bonchev–Trinajstić information content (AvgIpc) is 2.42. The lowest BCUT2D eigenvalue weighted by molar-refractivity contribution is -0.138. The molecule has 6 nitrogen and oxygen atoms in total. The van der Waals surface area contributed by atoms with Crippen LogP contribution in [0.25, 0.3) is 6.08 Å². The van der Waals surface area contributed by atoms with Gasteiger partial charge in [0.1, 0.15) is 11.2 Å². The minimum atomic E-state index is -4.76. The zero-order valence-electron chi connectivity index (χ0n) is 16.1. The second-order valence-corrected chi connectivity index (χ2v) is 7.62. The lowest BCUT2D eigenvalue weighted by atomic mass is 10.1. The molecule has 0 spiro atoms. The highest BCUT2D eigenvalue weighted by atomic mass is 19.4. The standard InChI is InChI=1S/C18H23F3N2O4/c1-8-13-12(18(19,20)21)9-11(10-22-13)23(14(24)26-16(2,3)4)15(25)27-17(5,6)7/h8-10H,1H2,2-7H3. The highest BCUT2D eigenvalue weighted by Gasteiger charge is 2.37. The molecule has 0 aromatic carbocycles. The van der Waals surface area contributed by atoms with Gasteiger partial charge < -0.3 is 9.47 Å². The van der Waals surface area contributed by atoms with Crippen LogP contribution in [0.2, 0.25) is 0 Å². The van der Waals surface area contributed by atoms with Gasteiger partial charge in [0, 0.05) is 0 Å². The minimum absolute atomic E-state index is 0.381. The van der Waals surface area contributed by atoms with Crippen molar-refractivity contribution in [1.82, 2.24) is 4.98 Å². The molecule has 0 aliphatic rings. The number of ether oxygens (including phenoxy) is 2. The van der Waals surface area contributed by atoms with E-state index in [-0.39, 0.29) is 0 Å². The molecule has 0 atom stereocenters. The number of aromatic nitrogens is 1. The smallest absolute Gasteiger partial charge is 0.424 e. The summed E-state index contributed by atoms with van der Waals surface area (Å²) >= 11 is 0. The van der Waals surface area contributed by atoms with Crippen molar-refractivity contribution in [3.63, 3.8) is 0 Å². The van der Waals surface area contributed by atoms with Crippen molar-refractivity contribution < 1.29 is 32.2 Å². The van der Waals surface area contributed by atoms with Crippen molar-refractivity contribution in [3.05, 3.63) is 30.1 Å². The number of imide groups is 1. The maximum absolute atomic E-state index is 13.3. The minimum Gasteiger partial charge on any atom is -0.443 e. The number of halogens is 3. The Hall–Kier alpha value is -2.58. The van der Waals surface area contributed by atoms with Gasteiger partial charge in [-0.25, -0.2) is 9.59 Å². The number of carbonyl (C=O) groups excluding carboxylic acids is 2. The van der Waals surface area contributed by atoms with Gasteiger partial charge in [0.05, 0.1) is 23.1 Å². The number of rotatable bonds is 2. The van der Waals surface area contributed by atoms with E-state index in [0.717, 1.165) is 12.3 Å². The van der Waals surface area contributed by atoms with E-state index in [4.69, 9.17) is 9.47 Å². The maximum atomic E-state index is 13.3. The number of alkyl halides is 3. The molecule has 0 aliphatic carbocycles. The number of pyridine rings is 1. The summed E-state index contributed by atoms with van der Waals surface area (Å²) in [4.78, 5) is 29.0. The molecule has 1 aromatic heterocycles. The Morgan fingerprint density at radius 1 is 1.04 bits per heavy atom. The first-order chi connectivity index (χ1) is 12.0. The van der Waals surface area contributed by atoms with Crippen molar-refractivity contribution in [3.8, 4) is 0 Å². The van der Waals surface area contributed by atoms with Crippen LogP contribution >= 0.6 is 0 Å². The van der Waals surface area contributed by atoms with E-state index >= 15 is 0 Å². The fourth-order valence-electron chi connectivity index (χ4n) is 1.88. The molecule has 0 bridgehead atoms. The molecule has 1 rings (SSSR count). The van der Waals surface area contributed by atoms with Crippen molar-refractivity contribution >= 4 is 23.9 Å². The number of hydrogen-bond acceptors (Lipinski definition) is 5. The molecule has 150 valence electrons. The van der Waals surface area contributed by atoms with E-state index in [1.54, 1.807) is 41.5 Å². The first-order valence-corrected chi connectivity index (χ1v) is 8.01. The number of amides is 2. The first-order valence-electron chi connectivity index (χ1n) is 8.01. The molecule has 27 heavy (non-hydrogen) atoms. The van der Waals surface area contributed by atoms with Gasteiger partial charge in [0.25, 0.3) is 0 Å². The Balaban J connectivity index is 3.48. The van der Waals surface area contributed by atoms with E-state index in [2.05, 4.69) is 11.6 Å². The summed E-state index contributed by atoms with van der Waals surface area (Å²) < 4.78 is 50.1. The number of anilines is 1. The summed E-state index contributed by atoms with van der Waals surface area (Å²) in [6.45, 7) is 12.6. The van der Waals surface area contributed by atoms with E-state index in [1.807, 2.05) is 0 Å². The second-order valence-electron chi connectivity index (χ2n) is 7.62. The normalized spacial score (nSPS) is 12.3. The Bertz CT molecular complexity index is 704. The molecule has 0 N–H and O–H groups in total. The third-order valence-electron chi connectivity index (χ3n) is 2.81. The maximum Gasteiger partial charge on any atom is 0.424 e. The summed E-state index contributed by atoms with van der Waals surface area (Å²) in [6.07, 6.45) is -5.26. The van der Waals surface area contributed by atoms with Crippen molar-refractivity contribution in [2.75, 3.05) is 4.90 Å². The SMILES string of the molecule is C=Cc1ncc(N(C(=O)OC(C)(C)C)C(=O)OC(C)(C)C)cc1C(F)(F)F. The molecule has 0 unspecified atom stereocenters. The average molecular weight is 388 g/mol. The zero-order chi connectivity index (χ0) is 21.2. The number of carbonyl (C=O) groups is 2. The predicted octanol–water partition coefficient (Wildman–Crippen LogP) is 5.42. The van der Waals surface area contributed by atoms with Gasteiger partial charge in [-0.15, -0.1) is 0 Å². The third-order valence-corrected chi connectivity index (χ3v) is 2.81. The summed E-state index contributed by atoms with van der Waals surface area (Å²) in [5.41, 5.74) is -3.99. The number of hydrogen-bond donors (Lipinski definition) is 0. The predicted molar refractivity (Wildman–Crippen MR) is 94.3 cm³/mol. The molecule has 1 aromatic rings. The van der Waals surface area contributed by atoms with Crippen LogP contribution in [0.4, 0.5) is 28.4 Å². The number of nitrogens with zero attached hydrogens (tertiary/aromatic N) is 2. The molecule has 0 fully saturated rings. The zero-order valence-corrected chi connectivity index (χ0v) is 16.1. The molecule has 9 heteroatoms. The fraction of sp³-hybridized carbons (Fsp3) is 0.500. The Morgan fingerprint density at radius 2 is 1.48 bits per heavy atom. The van der Waals surface area contributed by atoms with Gasteiger partial charge in [0.15, 0.2) is 0 Å². The molecular formula is C18H23F3N2O4. The van der Waals surface area contributed by atoms with Crippen LogP contribution in [0.3, 0.4) is 0 Å². The lowest BCUT2D eigenvalue weighted by Gasteiger charge is -2.28. The fourth-order valence-corrected chi connectivity index (χ4v) is 1.88. The Kier molecular flexibility index (Phi) is 6.30. The van der Waals surface area contributed by atoms with Gasteiger partial charge in [-0.1, -0.05) is 6.58 Å². The van der Waals surface area contributed by atoms with E-state index in [9.17, 15) is 22.8 Å². The lowest BCUT2D eigenvalue weighted by Crippen LogP contribution is -2.44. The molecular weight excluding hydrogens is 365 g/mol. The summed E-state index contributed by atoms with van der Waals surface area (Å²) in [6, 6.07) is 0.623. The van der Waals surface area contributed by atoms with Gasteiger partial charge in [-0.3, -0.25) is 4.98 Å². The molecule has 0 radical (unpaired) electrons. The first kappa shape index (κ1) is 22.5. The van der Waals surface area contributed by atoms with Crippen LogP contribution in [0.1, 0.15) is 52.8 Å². The van der Waals surface area contributed by atoms with Crippen LogP contribution < -0.4 is 4.90 Å². The van der Waals surface area contributed by atoms with Gasteiger partial charge in [-0.05, 0) is 53.7 Å². The molecule has 0 saturated heterocycles. The quantitative estimate of drug-likeness (QED) is 0.677. The van der Waals surface area contributed by atoms with Crippen LogP contribution in [0.15, 0.2) is 18.8 Å². The van der Waals surface area contributed by atoms with Crippen LogP contribution in [-0.4, -0.2) is 28.4 Å². The summed E-state index contributed by atoms with van der Waals surface area (Å²) in [5, 5.41) is 0. The monoisotopic (exact) mass is 388 g/mol. The van der Waals surface area contributed by atoms with Crippen LogP contribution in [0, 0.1) is 0 Å². The van der Waals surface area contributed by atoms with Crippen LogP contribution in [0.5, 0.6) is 0 Å². The van der Waals surface area contributed by atoms with Crippen molar-refractivity contribution in [1.29, 1.82) is 0 Å². The van der Waals surface area contributed by atoms with Gasteiger partial charge in [-0.2, -0.15) is 18.1 Å². The van der Waals surface area contributed by atoms with E-state index in [0.29, 0.717) is 11.0 Å². The van der Waals surface area contributed by atoms with E-state index in [1.165, 1.54) is 0 Å². The summed E-state index contributed by atoms with van der Waals surface area (Å²) in [7, 11) is 0. The topological polar surface area (TPSA) is 68.7 Å². The van der Waals surface area contributed by atoms with Gasteiger partial charge in [0.2, 0.25) is 0 Å². The second kappa shape index (κ2) is 7.58. The largest absolute Gasteiger partial charge is 0.443 e. The molecule has 0 aliphatic heterocycles. The van der Waals surface area contributed by atoms with E-state index < -0.39 is 46.5 Å². The molecule has 0 saturated carbocycles. The van der Waals surface area contributed by atoms with Crippen LogP contribution in [-0.2, 0) is 15.7 Å². The third kappa shape index (κ3) is 6.58. The summed E-state index contributed by atoms with van der Waals surface area (Å²) in [5.74, 6) is 0. The van der Waals surface area contributed by atoms with Crippen molar-refractivity contribution in [2.45, 2.75) is 58.9 Å².